The molecule has 1 aromatic rings. The van der Waals surface area contributed by atoms with Crippen molar-refractivity contribution in [3.05, 3.63) is 30.6 Å². The van der Waals surface area contributed by atoms with Crippen molar-refractivity contribution in [2.75, 3.05) is 26.9 Å². The summed E-state index contributed by atoms with van der Waals surface area (Å²) in [6, 6.07) is 5.70. The van der Waals surface area contributed by atoms with E-state index in [1.807, 2.05) is 35.2 Å². The Hall–Kier alpha value is -0.820. The van der Waals surface area contributed by atoms with Crippen molar-refractivity contribution in [3.8, 4) is 0 Å². The molecule has 4 atom stereocenters. The van der Waals surface area contributed by atoms with Gasteiger partial charge in [0.1, 0.15) is 6.61 Å². The van der Waals surface area contributed by atoms with Gasteiger partial charge in [0, 0.05) is 24.7 Å². The highest BCUT2D eigenvalue weighted by atomic mass is 31.2. The van der Waals surface area contributed by atoms with E-state index in [2.05, 4.69) is 0 Å². The fourth-order valence-electron chi connectivity index (χ4n) is 3.89. The summed E-state index contributed by atoms with van der Waals surface area (Å²) in [6.45, 7) is 1.33. The van der Waals surface area contributed by atoms with Crippen molar-refractivity contribution in [1.82, 2.24) is 0 Å². The summed E-state index contributed by atoms with van der Waals surface area (Å²) in [4.78, 5) is 9.98. The van der Waals surface area contributed by atoms with Gasteiger partial charge in [0.2, 0.25) is 0 Å². The van der Waals surface area contributed by atoms with E-state index in [4.69, 9.17) is 18.5 Å². The summed E-state index contributed by atoms with van der Waals surface area (Å²) >= 11 is 0. The van der Waals surface area contributed by atoms with E-state index in [1.165, 1.54) is 0 Å². The largest absolute Gasteiger partial charge is 0.472 e. The molecule has 25 heavy (non-hydrogen) atoms. The number of methoxy groups -OCH3 is 1. The van der Waals surface area contributed by atoms with E-state index < -0.39 is 7.82 Å². The third-order valence-corrected chi connectivity index (χ3v) is 6.03. The van der Waals surface area contributed by atoms with Crippen molar-refractivity contribution in [1.29, 1.82) is 0 Å². The Labute approximate surface area is 148 Å². The summed E-state index contributed by atoms with van der Waals surface area (Å²) < 4.78 is 35.7. The second kappa shape index (κ2) is 8.25. The Morgan fingerprint density at radius 3 is 2.88 bits per heavy atom. The van der Waals surface area contributed by atoms with Crippen LogP contribution in [0, 0.1) is 5.41 Å². The highest BCUT2D eigenvalue weighted by Crippen LogP contribution is 2.53. The standard InChI is InChI=1S/C17H26NO6P/c1-21-13-15-12-17(7-5-6-16(17)24-15)14-23-25(19,20)22-11-10-18-8-3-2-4-9-18/h2-4,8-9,15-16H,5-7,10-14H2,1H3/p+1/t15-,16-,17-/m0/s1. The maximum absolute atomic E-state index is 12.2. The molecule has 1 aliphatic heterocycles. The topological polar surface area (TPSA) is 78.1 Å². The number of aromatic nitrogens is 1. The molecule has 1 N–H and O–H groups in total. The van der Waals surface area contributed by atoms with Gasteiger partial charge in [-0.3, -0.25) is 9.05 Å². The zero-order chi connectivity index (χ0) is 17.8. The first-order valence-corrected chi connectivity index (χ1v) is 10.2. The smallest absolute Gasteiger partial charge is 0.382 e. The minimum Gasteiger partial charge on any atom is -0.382 e. The molecule has 2 aliphatic rings. The lowest BCUT2D eigenvalue weighted by molar-refractivity contribution is -0.697. The monoisotopic (exact) mass is 372 g/mol. The number of nitrogens with zero attached hydrogens (tertiary/aromatic N) is 1. The number of phosphoric acid groups is 1. The van der Waals surface area contributed by atoms with Crippen LogP contribution < -0.4 is 4.57 Å². The van der Waals surface area contributed by atoms with Crippen molar-refractivity contribution >= 4 is 7.82 Å². The summed E-state index contributed by atoms with van der Waals surface area (Å²) in [7, 11) is -2.42. The molecule has 140 valence electrons. The molecule has 0 aromatic carbocycles. The lowest BCUT2D eigenvalue weighted by Gasteiger charge is -2.27. The molecule has 3 rings (SSSR count). The Morgan fingerprint density at radius 2 is 2.12 bits per heavy atom. The van der Waals surface area contributed by atoms with Crippen LogP contribution in [0.1, 0.15) is 25.7 Å². The first kappa shape index (κ1) is 19.0. The van der Waals surface area contributed by atoms with Gasteiger partial charge in [-0.05, 0) is 19.3 Å². The molecule has 1 saturated heterocycles. The number of fused-ring (bicyclic) bond motifs is 1. The average molecular weight is 372 g/mol. The van der Waals surface area contributed by atoms with Gasteiger partial charge >= 0.3 is 7.82 Å². The molecule has 0 amide bonds. The van der Waals surface area contributed by atoms with E-state index in [1.54, 1.807) is 7.11 Å². The van der Waals surface area contributed by atoms with Crippen LogP contribution in [0.25, 0.3) is 0 Å². The van der Waals surface area contributed by atoms with E-state index in [0.717, 1.165) is 25.7 Å². The van der Waals surface area contributed by atoms with Gasteiger partial charge in [-0.2, -0.15) is 0 Å². The molecule has 1 unspecified atom stereocenters. The predicted octanol–water partition coefficient (Wildman–Crippen LogP) is 2.08. The van der Waals surface area contributed by atoms with Crippen LogP contribution in [0.2, 0.25) is 0 Å². The van der Waals surface area contributed by atoms with Crippen LogP contribution in [0.4, 0.5) is 0 Å². The third-order valence-electron chi connectivity index (χ3n) is 5.06. The van der Waals surface area contributed by atoms with Gasteiger partial charge in [-0.15, -0.1) is 0 Å². The number of phosphoric ester groups is 1. The number of hydrogen-bond donors (Lipinski definition) is 1. The molecular weight excluding hydrogens is 345 g/mol. The highest BCUT2D eigenvalue weighted by molar-refractivity contribution is 7.47. The maximum atomic E-state index is 12.2. The minimum atomic E-state index is -4.07. The van der Waals surface area contributed by atoms with Crippen LogP contribution >= 0.6 is 7.82 Å². The first-order chi connectivity index (χ1) is 12.0. The van der Waals surface area contributed by atoms with Gasteiger partial charge in [0.25, 0.3) is 0 Å². The number of hydrogen-bond acceptors (Lipinski definition) is 5. The molecule has 8 heteroatoms. The van der Waals surface area contributed by atoms with Crippen molar-refractivity contribution in [2.45, 2.75) is 44.4 Å². The Kier molecular flexibility index (Phi) is 6.25. The molecule has 1 aromatic heterocycles. The quantitative estimate of drug-likeness (QED) is 0.528. The molecule has 1 aliphatic carbocycles. The van der Waals surface area contributed by atoms with Crippen molar-refractivity contribution in [2.24, 2.45) is 5.41 Å². The van der Waals surface area contributed by atoms with Crippen molar-refractivity contribution in [3.63, 3.8) is 0 Å². The van der Waals surface area contributed by atoms with E-state index >= 15 is 0 Å². The van der Waals surface area contributed by atoms with Gasteiger partial charge in [0.15, 0.2) is 18.9 Å². The van der Waals surface area contributed by atoms with Crippen LogP contribution in [-0.2, 0) is 29.6 Å². The zero-order valence-electron chi connectivity index (χ0n) is 14.6. The number of ether oxygens (including phenoxy) is 2. The highest BCUT2D eigenvalue weighted by Gasteiger charge is 2.52. The van der Waals surface area contributed by atoms with E-state index in [0.29, 0.717) is 13.2 Å². The fraction of sp³-hybridized carbons (Fsp3) is 0.706. The lowest BCUT2D eigenvalue weighted by atomic mass is 9.82. The zero-order valence-corrected chi connectivity index (χ0v) is 15.5. The Balaban J connectivity index is 1.48. The van der Waals surface area contributed by atoms with Crippen LogP contribution in [0.3, 0.4) is 0 Å². The molecule has 0 bridgehead atoms. The van der Waals surface area contributed by atoms with Gasteiger partial charge in [0.05, 0.1) is 25.4 Å². The second-order valence-electron chi connectivity index (χ2n) is 6.85. The third kappa shape index (κ3) is 4.88. The molecule has 1 saturated carbocycles. The molecule has 0 radical (unpaired) electrons. The summed E-state index contributed by atoms with van der Waals surface area (Å²) in [6.07, 6.45) is 7.61. The van der Waals surface area contributed by atoms with E-state index in [9.17, 15) is 9.46 Å². The SMILES string of the molecule is COC[C@@H]1C[C@]2(COP(=O)(O)OCC[n+]3ccccc3)CCC[C@@H]2O1. The molecular formula is C17H27NO6P+. The summed E-state index contributed by atoms with van der Waals surface area (Å²) in [5.74, 6) is 0. The normalized spacial score (nSPS) is 31.0. The maximum Gasteiger partial charge on any atom is 0.472 e. The average Bonchev–Trinajstić information content (AvgIpc) is 3.11. The molecule has 0 spiro atoms. The van der Waals surface area contributed by atoms with E-state index in [-0.39, 0.29) is 30.8 Å². The Morgan fingerprint density at radius 1 is 1.32 bits per heavy atom. The number of pyridine rings is 1. The van der Waals surface area contributed by atoms with Crippen LogP contribution in [-0.4, -0.2) is 44.0 Å². The number of rotatable bonds is 9. The van der Waals surface area contributed by atoms with Crippen LogP contribution in [0.15, 0.2) is 30.6 Å². The van der Waals surface area contributed by atoms with Gasteiger partial charge in [-0.1, -0.05) is 12.5 Å². The summed E-state index contributed by atoms with van der Waals surface area (Å²) in [5, 5.41) is 0. The van der Waals surface area contributed by atoms with Gasteiger partial charge < -0.3 is 14.4 Å². The lowest BCUT2D eigenvalue weighted by Crippen LogP contribution is -2.34. The molecule has 2 fully saturated rings. The fourth-order valence-corrected chi connectivity index (χ4v) is 4.69. The van der Waals surface area contributed by atoms with Gasteiger partial charge in [-0.25, -0.2) is 9.13 Å². The first-order valence-electron chi connectivity index (χ1n) is 8.73. The molecule has 2 heterocycles. The second-order valence-corrected chi connectivity index (χ2v) is 8.30. The van der Waals surface area contributed by atoms with Crippen LogP contribution in [0.5, 0.6) is 0 Å². The summed E-state index contributed by atoms with van der Waals surface area (Å²) in [5.41, 5.74) is -0.195. The minimum absolute atomic E-state index is 0.0346. The van der Waals surface area contributed by atoms with Crippen molar-refractivity contribution < 1.29 is 32.5 Å². The predicted molar refractivity (Wildman–Crippen MR) is 89.8 cm³/mol. The Bertz CT molecular complexity index is 600. The molecule has 7 nitrogen and oxygen atoms in total.